The molecule has 0 saturated heterocycles. The van der Waals surface area contributed by atoms with E-state index in [1.54, 1.807) is 23.9 Å². The molecular formula is C9H10N2OS. The number of aryl methyl sites for hydroxylation is 1. The number of nitrogens with one attached hydrogen (secondary N) is 1. The van der Waals surface area contributed by atoms with Gasteiger partial charge in [0.2, 0.25) is 0 Å². The van der Waals surface area contributed by atoms with E-state index in [1.165, 1.54) is 0 Å². The largest absolute Gasteiger partial charge is 0.472 e. The van der Waals surface area contributed by atoms with Gasteiger partial charge < -0.3 is 9.73 Å². The van der Waals surface area contributed by atoms with Crippen LogP contribution in [0.3, 0.4) is 0 Å². The molecule has 13 heavy (non-hydrogen) atoms. The van der Waals surface area contributed by atoms with Crippen LogP contribution in [0.25, 0.3) is 0 Å². The van der Waals surface area contributed by atoms with E-state index < -0.39 is 0 Å². The van der Waals surface area contributed by atoms with E-state index in [4.69, 9.17) is 4.42 Å². The summed E-state index contributed by atoms with van der Waals surface area (Å²) in [7, 11) is 0. The predicted octanol–water partition coefficient (Wildman–Crippen LogP) is 2.66. The Morgan fingerprint density at radius 1 is 1.62 bits per heavy atom. The summed E-state index contributed by atoms with van der Waals surface area (Å²) in [6.07, 6.45) is 3.40. The van der Waals surface area contributed by atoms with Gasteiger partial charge in [-0.25, -0.2) is 4.98 Å². The first-order valence-corrected chi connectivity index (χ1v) is 4.89. The molecule has 0 atom stereocenters. The van der Waals surface area contributed by atoms with E-state index in [2.05, 4.69) is 10.3 Å². The van der Waals surface area contributed by atoms with Crippen LogP contribution < -0.4 is 5.32 Å². The quantitative estimate of drug-likeness (QED) is 0.816. The van der Waals surface area contributed by atoms with Gasteiger partial charge in [-0.3, -0.25) is 0 Å². The Labute approximate surface area is 80.4 Å². The lowest BCUT2D eigenvalue weighted by Crippen LogP contribution is -1.97. The lowest BCUT2D eigenvalue weighted by Gasteiger charge is -1.97. The van der Waals surface area contributed by atoms with E-state index in [0.717, 1.165) is 22.9 Å². The molecule has 0 unspecified atom stereocenters. The van der Waals surface area contributed by atoms with Gasteiger partial charge >= 0.3 is 0 Å². The second kappa shape index (κ2) is 3.62. The Morgan fingerprint density at radius 2 is 2.54 bits per heavy atom. The summed E-state index contributed by atoms with van der Waals surface area (Å²) in [6, 6.07) is 1.94. The normalized spacial score (nSPS) is 10.2. The van der Waals surface area contributed by atoms with Crippen molar-refractivity contribution in [2.45, 2.75) is 13.5 Å². The number of hydrogen-bond donors (Lipinski definition) is 1. The third kappa shape index (κ3) is 2.09. The number of rotatable bonds is 3. The van der Waals surface area contributed by atoms with Crippen LogP contribution in [0, 0.1) is 6.92 Å². The van der Waals surface area contributed by atoms with Crippen LogP contribution in [0.4, 0.5) is 5.13 Å². The minimum atomic E-state index is 0.767. The predicted molar refractivity (Wildman–Crippen MR) is 52.9 cm³/mol. The monoisotopic (exact) mass is 194 g/mol. The van der Waals surface area contributed by atoms with E-state index in [1.807, 2.05) is 18.4 Å². The molecule has 0 aromatic carbocycles. The first kappa shape index (κ1) is 8.31. The molecule has 0 radical (unpaired) electrons. The summed E-state index contributed by atoms with van der Waals surface area (Å²) < 4.78 is 4.95. The Balaban J connectivity index is 1.93. The summed E-state index contributed by atoms with van der Waals surface area (Å²) in [5, 5.41) is 6.20. The first-order chi connectivity index (χ1) is 6.34. The highest BCUT2D eigenvalue weighted by molar-refractivity contribution is 7.13. The molecule has 4 heteroatoms. The summed E-state index contributed by atoms with van der Waals surface area (Å²) >= 11 is 1.62. The first-order valence-electron chi connectivity index (χ1n) is 4.01. The molecule has 2 heterocycles. The van der Waals surface area contributed by atoms with Crippen molar-refractivity contribution < 1.29 is 4.42 Å². The molecule has 3 nitrogen and oxygen atoms in total. The number of thiazole rings is 1. The van der Waals surface area contributed by atoms with Gasteiger partial charge in [-0.2, -0.15) is 0 Å². The molecule has 2 aromatic heterocycles. The van der Waals surface area contributed by atoms with Gasteiger partial charge in [-0.1, -0.05) is 0 Å². The maximum atomic E-state index is 4.95. The molecule has 0 bridgehead atoms. The van der Waals surface area contributed by atoms with Crippen LogP contribution >= 0.6 is 11.3 Å². The van der Waals surface area contributed by atoms with Crippen molar-refractivity contribution in [3.05, 3.63) is 35.2 Å². The maximum absolute atomic E-state index is 4.95. The lowest BCUT2D eigenvalue weighted by molar-refractivity contribution is 0.564. The molecule has 0 spiro atoms. The van der Waals surface area contributed by atoms with Gasteiger partial charge in [0.25, 0.3) is 0 Å². The van der Waals surface area contributed by atoms with Gasteiger partial charge in [-0.15, -0.1) is 11.3 Å². The van der Waals surface area contributed by atoms with E-state index in [0.29, 0.717) is 0 Å². The highest BCUT2D eigenvalue weighted by Gasteiger charge is 1.98. The fraction of sp³-hybridized carbons (Fsp3) is 0.222. The van der Waals surface area contributed by atoms with Crippen molar-refractivity contribution in [2.75, 3.05) is 5.32 Å². The van der Waals surface area contributed by atoms with E-state index in [9.17, 15) is 0 Å². The van der Waals surface area contributed by atoms with E-state index in [-0.39, 0.29) is 0 Å². The molecule has 68 valence electrons. The zero-order chi connectivity index (χ0) is 9.10. The van der Waals surface area contributed by atoms with Crippen molar-refractivity contribution in [2.24, 2.45) is 0 Å². The Bertz CT molecular complexity index is 367. The minimum absolute atomic E-state index is 0.767. The molecular weight excluding hydrogens is 184 g/mol. The zero-order valence-corrected chi connectivity index (χ0v) is 8.10. The average Bonchev–Trinajstić information content (AvgIpc) is 2.71. The zero-order valence-electron chi connectivity index (χ0n) is 7.28. The SMILES string of the molecule is Cc1csc(NCc2ccoc2)n1. The number of hydrogen-bond acceptors (Lipinski definition) is 4. The van der Waals surface area contributed by atoms with Gasteiger partial charge in [0.1, 0.15) is 0 Å². The van der Waals surface area contributed by atoms with Gasteiger partial charge in [0.15, 0.2) is 5.13 Å². The van der Waals surface area contributed by atoms with Crippen molar-refractivity contribution >= 4 is 16.5 Å². The van der Waals surface area contributed by atoms with Gasteiger partial charge in [0.05, 0.1) is 18.2 Å². The molecule has 0 aliphatic carbocycles. The summed E-state index contributed by atoms with van der Waals surface area (Å²) in [4.78, 5) is 4.29. The number of furan rings is 1. The van der Waals surface area contributed by atoms with Crippen molar-refractivity contribution in [1.82, 2.24) is 4.98 Å². The fourth-order valence-electron chi connectivity index (χ4n) is 1.01. The number of anilines is 1. The molecule has 0 amide bonds. The van der Waals surface area contributed by atoms with Crippen LogP contribution in [0.2, 0.25) is 0 Å². The smallest absolute Gasteiger partial charge is 0.183 e. The molecule has 2 rings (SSSR count). The van der Waals surface area contributed by atoms with Crippen molar-refractivity contribution in [3.8, 4) is 0 Å². The van der Waals surface area contributed by atoms with Crippen LogP contribution in [0.1, 0.15) is 11.3 Å². The minimum Gasteiger partial charge on any atom is -0.472 e. The molecule has 2 aromatic rings. The topological polar surface area (TPSA) is 38.1 Å². The number of nitrogens with zero attached hydrogens (tertiary/aromatic N) is 1. The van der Waals surface area contributed by atoms with E-state index >= 15 is 0 Å². The third-order valence-electron chi connectivity index (χ3n) is 1.64. The average molecular weight is 194 g/mol. The summed E-state index contributed by atoms with van der Waals surface area (Å²) in [6.45, 7) is 2.75. The molecule has 0 fully saturated rings. The fourth-order valence-corrected chi connectivity index (χ4v) is 1.69. The highest BCUT2D eigenvalue weighted by Crippen LogP contribution is 2.15. The standard InChI is InChI=1S/C9H10N2OS/c1-7-6-13-9(11-7)10-4-8-2-3-12-5-8/h2-3,5-6H,4H2,1H3,(H,10,11). The van der Waals surface area contributed by atoms with Crippen LogP contribution in [0.5, 0.6) is 0 Å². The van der Waals surface area contributed by atoms with Crippen LogP contribution in [0.15, 0.2) is 28.4 Å². The second-order valence-electron chi connectivity index (χ2n) is 2.78. The second-order valence-corrected chi connectivity index (χ2v) is 3.64. The Kier molecular flexibility index (Phi) is 2.31. The van der Waals surface area contributed by atoms with Crippen LogP contribution in [-0.4, -0.2) is 4.98 Å². The Hall–Kier alpha value is -1.29. The summed E-state index contributed by atoms with van der Waals surface area (Å²) in [5.41, 5.74) is 2.19. The molecule has 0 aliphatic rings. The molecule has 0 saturated carbocycles. The van der Waals surface area contributed by atoms with Gasteiger partial charge in [-0.05, 0) is 13.0 Å². The molecule has 0 aliphatic heterocycles. The lowest BCUT2D eigenvalue weighted by atomic mass is 10.3. The number of aromatic nitrogens is 1. The maximum Gasteiger partial charge on any atom is 0.183 e. The van der Waals surface area contributed by atoms with Gasteiger partial charge in [0, 0.05) is 17.5 Å². The van der Waals surface area contributed by atoms with Crippen LogP contribution in [-0.2, 0) is 6.54 Å². The highest BCUT2D eigenvalue weighted by atomic mass is 32.1. The van der Waals surface area contributed by atoms with Crippen molar-refractivity contribution in [1.29, 1.82) is 0 Å². The molecule has 1 N–H and O–H groups in total. The third-order valence-corrected chi connectivity index (χ3v) is 2.56. The Morgan fingerprint density at radius 3 is 3.15 bits per heavy atom. The van der Waals surface area contributed by atoms with Crippen molar-refractivity contribution in [3.63, 3.8) is 0 Å². The summed E-state index contributed by atoms with van der Waals surface area (Å²) in [5.74, 6) is 0.